The molecule has 0 aliphatic carbocycles. The van der Waals surface area contributed by atoms with E-state index in [0.29, 0.717) is 4.31 Å². The summed E-state index contributed by atoms with van der Waals surface area (Å²) in [5, 5.41) is 11.9. The van der Waals surface area contributed by atoms with Crippen molar-refractivity contribution < 1.29 is 36.3 Å². The van der Waals surface area contributed by atoms with E-state index in [9.17, 15) is 36.3 Å². The van der Waals surface area contributed by atoms with Gasteiger partial charge in [0.25, 0.3) is 5.91 Å². The number of amides is 1. The molecule has 1 heterocycles. The number of carboxylic acids is 1. The number of nitrogens with zero attached hydrogens (tertiary/aromatic N) is 1. The first-order chi connectivity index (χ1) is 14.0. The highest BCUT2D eigenvalue weighted by atomic mass is 32.2. The maximum Gasteiger partial charge on any atom is 0.416 e. The predicted octanol–water partition coefficient (Wildman–Crippen LogP) is 1.62. The van der Waals surface area contributed by atoms with Crippen molar-refractivity contribution in [2.75, 3.05) is 0 Å². The number of hydrogen-bond acceptors (Lipinski definition) is 5. The van der Waals surface area contributed by atoms with Crippen LogP contribution in [0.3, 0.4) is 0 Å². The van der Waals surface area contributed by atoms with E-state index < -0.39 is 52.6 Å². The number of aliphatic carboxylic acids is 1. The first-order valence-electron chi connectivity index (χ1n) is 8.53. The van der Waals surface area contributed by atoms with Gasteiger partial charge in [-0.1, -0.05) is 48.5 Å². The third-order valence-corrected chi connectivity index (χ3v) is 5.84. The van der Waals surface area contributed by atoms with Crippen LogP contribution in [-0.4, -0.2) is 35.9 Å². The third-order valence-electron chi connectivity index (χ3n) is 4.43. The van der Waals surface area contributed by atoms with Crippen molar-refractivity contribution in [2.45, 2.75) is 24.9 Å². The molecule has 8 nitrogen and oxygen atoms in total. The number of carbonyl (C=O) groups is 2. The van der Waals surface area contributed by atoms with Crippen LogP contribution in [0.25, 0.3) is 0 Å². The van der Waals surface area contributed by atoms with Crippen LogP contribution >= 0.6 is 0 Å². The number of halogens is 3. The minimum atomic E-state index is -4.74. The van der Waals surface area contributed by atoms with Crippen LogP contribution in [0, 0.1) is 0 Å². The molecular weight excluding hydrogens is 427 g/mol. The lowest BCUT2D eigenvalue weighted by Crippen LogP contribution is -2.49. The normalized spacial score (nSPS) is 20.0. The van der Waals surface area contributed by atoms with Gasteiger partial charge in [0.2, 0.25) is 0 Å². The van der Waals surface area contributed by atoms with Gasteiger partial charge < -0.3 is 5.11 Å². The zero-order chi connectivity index (χ0) is 22.1. The van der Waals surface area contributed by atoms with Crippen molar-refractivity contribution in [3.8, 4) is 0 Å². The molecule has 12 heteroatoms. The Kier molecular flexibility index (Phi) is 5.83. The molecule has 0 unspecified atom stereocenters. The first kappa shape index (κ1) is 21.7. The van der Waals surface area contributed by atoms with Gasteiger partial charge in [-0.15, -0.1) is 0 Å². The SMILES string of the molecule is O=C(O)[C@@H](N[C@H]1C(=O)NS(=O)(=O)N1Cc1ccccc1C(F)(F)F)c1ccccc1. The number of nitrogens with one attached hydrogen (secondary N) is 2. The summed E-state index contributed by atoms with van der Waals surface area (Å²) < 4.78 is 66.7. The van der Waals surface area contributed by atoms with Gasteiger partial charge in [0.05, 0.1) is 5.56 Å². The Morgan fingerprint density at radius 1 is 1.13 bits per heavy atom. The molecule has 1 aliphatic heterocycles. The fourth-order valence-corrected chi connectivity index (χ4v) is 4.29. The molecule has 0 spiro atoms. The molecule has 0 radical (unpaired) electrons. The maximum absolute atomic E-state index is 13.3. The number of carbonyl (C=O) groups excluding carboxylic acids is 1. The summed E-state index contributed by atoms with van der Waals surface area (Å²) in [5.41, 5.74) is -1.21. The molecule has 0 saturated carbocycles. The average Bonchev–Trinajstić information content (AvgIpc) is 2.87. The van der Waals surface area contributed by atoms with E-state index in [-0.39, 0.29) is 11.1 Å². The monoisotopic (exact) mass is 443 g/mol. The van der Waals surface area contributed by atoms with Crippen LogP contribution in [0.15, 0.2) is 54.6 Å². The van der Waals surface area contributed by atoms with Crippen LogP contribution in [0.4, 0.5) is 13.2 Å². The second kappa shape index (κ2) is 8.05. The van der Waals surface area contributed by atoms with E-state index in [4.69, 9.17) is 0 Å². The molecule has 1 saturated heterocycles. The van der Waals surface area contributed by atoms with Crippen molar-refractivity contribution in [2.24, 2.45) is 0 Å². The highest BCUT2D eigenvalue weighted by Gasteiger charge is 2.46. The van der Waals surface area contributed by atoms with E-state index in [1.165, 1.54) is 18.2 Å². The van der Waals surface area contributed by atoms with E-state index in [1.54, 1.807) is 22.9 Å². The summed E-state index contributed by atoms with van der Waals surface area (Å²) in [4.78, 5) is 23.9. The number of carboxylic acid groups (broad SMARTS) is 1. The van der Waals surface area contributed by atoms with Crippen molar-refractivity contribution in [1.29, 1.82) is 0 Å². The Balaban J connectivity index is 1.96. The summed E-state index contributed by atoms with van der Waals surface area (Å²) in [7, 11) is -4.49. The summed E-state index contributed by atoms with van der Waals surface area (Å²) >= 11 is 0. The lowest BCUT2D eigenvalue weighted by Gasteiger charge is -2.25. The fourth-order valence-electron chi connectivity index (χ4n) is 3.06. The third kappa shape index (κ3) is 4.45. The molecule has 160 valence electrons. The van der Waals surface area contributed by atoms with Gasteiger partial charge in [0.15, 0.2) is 6.17 Å². The summed E-state index contributed by atoms with van der Waals surface area (Å²) in [6.07, 6.45) is -6.47. The van der Waals surface area contributed by atoms with Crippen LogP contribution in [0.5, 0.6) is 0 Å². The predicted molar refractivity (Wildman–Crippen MR) is 97.8 cm³/mol. The van der Waals surface area contributed by atoms with Gasteiger partial charge in [0, 0.05) is 6.54 Å². The molecule has 30 heavy (non-hydrogen) atoms. The van der Waals surface area contributed by atoms with Gasteiger partial charge in [-0.2, -0.15) is 25.9 Å². The summed E-state index contributed by atoms with van der Waals surface area (Å²) in [6.45, 7) is -0.796. The second-order valence-corrected chi connectivity index (χ2v) is 8.05. The van der Waals surface area contributed by atoms with E-state index in [0.717, 1.165) is 18.2 Å². The van der Waals surface area contributed by atoms with E-state index >= 15 is 0 Å². The quantitative estimate of drug-likeness (QED) is 0.625. The molecule has 3 N–H and O–H groups in total. The molecule has 2 aromatic carbocycles. The second-order valence-electron chi connectivity index (χ2n) is 6.42. The topological polar surface area (TPSA) is 116 Å². The minimum absolute atomic E-state index is 0.234. The van der Waals surface area contributed by atoms with Crippen molar-refractivity contribution in [1.82, 2.24) is 14.3 Å². The molecule has 1 amide bonds. The van der Waals surface area contributed by atoms with Crippen LogP contribution in [0.1, 0.15) is 22.7 Å². The van der Waals surface area contributed by atoms with Crippen LogP contribution in [0.2, 0.25) is 0 Å². The first-order valence-corrected chi connectivity index (χ1v) is 9.97. The lowest BCUT2D eigenvalue weighted by atomic mass is 10.1. The number of rotatable bonds is 6. The minimum Gasteiger partial charge on any atom is -0.480 e. The number of alkyl halides is 3. The standard InChI is InChI=1S/C18H16F3N3O5S/c19-18(20,21)13-9-5-4-8-12(13)10-24-15(16(25)23-30(24,28)29)22-14(17(26)27)11-6-2-1-3-7-11/h1-9,14-15,22H,10H2,(H,23,25)(H,26,27)/t14-,15+/m0/s1. The smallest absolute Gasteiger partial charge is 0.416 e. The molecule has 2 aromatic rings. The van der Waals surface area contributed by atoms with Gasteiger partial charge in [0.1, 0.15) is 6.04 Å². The number of benzene rings is 2. The highest BCUT2D eigenvalue weighted by molar-refractivity contribution is 7.88. The number of hydrogen-bond donors (Lipinski definition) is 3. The van der Waals surface area contributed by atoms with E-state index in [1.807, 2.05) is 0 Å². The Morgan fingerprint density at radius 2 is 1.73 bits per heavy atom. The maximum atomic E-state index is 13.3. The van der Waals surface area contributed by atoms with E-state index in [2.05, 4.69) is 5.32 Å². The zero-order valence-electron chi connectivity index (χ0n) is 15.1. The molecule has 0 aromatic heterocycles. The summed E-state index contributed by atoms with van der Waals surface area (Å²) in [5.74, 6) is -2.49. The Morgan fingerprint density at radius 3 is 2.33 bits per heavy atom. The molecule has 1 fully saturated rings. The van der Waals surface area contributed by atoms with Crippen molar-refractivity contribution >= 4 is 22.1 Å². The van der Waals surface area contributed by atoms with Crippen molar-refractivity contribution in [3.63, 3.8) is 0 Å². The Labute approximate surface area is 169 Å². The Hall–Kier alpha value is -2.96. The zero-order valence-corrected chi connectivity index (χ0v) is 15.9. The molecule has 0 bridgehead atoms. The van der Waals surface area contributed by atoms with Crippen molar-refractivity contribution in [3.05, 3.63) is 71.3 Å². The molecule has 2 atom stereocenters. The average molecular weight is 443 g/mol. The van der Waals surface area contributed by atoms with Gasteiger partial charge in [-0.05, 0) is 17.2 Å². The van der Waals surface area contributed by atoms with Crippen LogP contribution in [-0.2, 0) is 32.5 Å². The fraction of sp³-hybridized carbons (Fsp3) is 0.222. The van der Waals surface area contributed by atoms with Crippen LogP contribution < -0.4 is 10.0 Å². The highest BCUT2D eigenvalue weighted by Crippen LogP contribution is 2.33. The largest absolute Gasteiger partial charge is 0.480 e. The molecular formula is C18H16F3N3O5S. The van der Waals surface area contributed by atoms with Gasteiger partial charge in [-0.3, -0.25) is 14.9 Å². The van der Waals surface area contributed by atoms with Gasteiger partial charge in [-0.25, -0.2) is 4.72 Å². The lowest BCUT2D eigenvalue weighted by molar-refractivity contribution is -0.140. The Bertz CT molecular complexity index is 1060. The van der Waals surface area contributed by atoms with Gasteiger partial charge >= 0.3 is 22.4 Å². The molecule has 3 rings (SSSR count). The molecule has 1 aliphatic rings. The summed E-state index contributed by atoms with van der Waals surface area (Å²) in [6, 6.07) is 10.5.